The van der Waals surface area contributed by atoms with E-state index in [2.05, 4.69) is 15.6 Å². The first-order valence-corrected chi connectivity index (χ1v) is 9.35. The lowest BCUT2D eigenvalue weighted by Gasteiger charge is -2.25. The van der Waals surface area contributed by atoms with Gasteiger partial charge < -0.3 is 15.1 Å². The molecule has 0 saturated heterocycles. The van der Waals surface area contributed by atoms with Gasteiger partial charge in [-0.15, -0.1) is 0 Å². The van der Waals surface area contributed by atoms with E-state index in [1.165, 1.54) is 6.92 Å². The van der Waals surface area contributed by atoms with Gasteiger partial charge in [0, 0.05) is 29.8 Å². The van der Waals surface area contributed by atoms with Gasteiger partial charge in [-0.3, -0.25) is 9.59 Å². The number of hydrogen-bond acceptors (Lipinski definition) is 4. The van der Waals surface area contributed by atoms with Crippen molar-refractivity contribution in [1.29, 1.82) is 0 Å². The molecule has 2 aromatic carbocycles. The Morgan fingerprint density at radius 1 is 1.00 bits per heavy atom. The summed E-state index contributed by atoms with van der Waals surface area (Å²) in [6.07, 6.45) is 3.13. The predicted molar refractivity (Wildman–Crippen MR) is 107 cm³/mol. The summed E-state index contributed by atoms with van der Waals surface area (Å²) in [5, 5.41) is 5.76. The Bertz CT molecular complexity index is 990. The van der Waals surface area contributed by atoms with E-state index < -0.39 is 0 Å². The minimum Gasteiger partial charge on any atom is -0.435 e. The molecule has 1 aliphatic carbocycles. The van der Waals surface area contributed by atoms with Gasteiger partial charge in [0.05, 0.1) is 0 Å². The topological polar surface area (TPSA) is 84.2 Å². The molecule has 6 nitrogen and oxygen atoms in total. The van der Waals surface area contributed by atoms with Crippen LogP contribution in [0.5, 0.6) is 0 Å². The van der Waals surface area contributed by atoms with Gasteiger partial charge in [-0.1, -0.05) is 18.2 Å². The summed E-state index contributed by atoms with van der Waals surface area (Å²) in [6.45, 7) is 1.46. The van der Waals surface area contributed by atoms with Crippen LogP contribution in [-0.4, -0.2) is 22.8 Å². The molecule has 28 heavy (non-hydrogen) atoms. The van der Waals surface area contributed by atoms with Crippen molar-refractivity contribution in [3.63, 3.8) is 0 Å². The van der Waals surface area contributed by atoms with Crippen LogP contribution in [0.25, 0.3) is 22.8 Å². The van der Waals surface area contributed by atoms with Crippen LogP contribution < -0.4 is 10.6 Å². The van der Waals surface area contributed by atoms with E-state index in [4.69, 9.17) is 4.42 Å². The lowest BCUT2D eigenvalue weighted by atomic mass is 9.93. The molecule has 1 heterocycles. The van der Waals surface area contributed by atoms with E-state index in [0.717, 1.165) is 30.4 Å². The molecule has 0 radical (unpaired) electrons. The fourth-order valence-electron chi connectivity index (χ4n) is 3.09. The van der Waals surface area contributed by atoms with Gasteiger partial charge in [0.15, 0.2) is 11.5 Å². The molecule has 4 rings (SSSR count). The summed E-state index contributed by atoms with van der Waals surface area (Å²) < 4.78 is 6.00. The molecule has 0 unspecified atom stereocenters. The summed E-state index contributed by atoms with van der Waals surface area (Å²) in [6, 6.07) is 16.9. The molecule has 0 spiro atoms. The quantitative estimate of drug-likeness (QED) is 0.698. The largest absolute Gasteiger partial charge is 0.435 e. The van der Waals surface area contributed by atoms with Crippen molar-refractivity contribution < 1.29 is 14.0 Å². The SMILES string of the molecule is CC(=O)Nc1ccc(-c2oc(-c3ccccc3)nc2C(=O)NC2CCC2)cc1. The van der Waals surface area contributed by atoms with Crippen molar-refractivity contribution in [2.45, 2.75) is 32.2 Å². The number of anilines is 1. The zero-order valence-corrected chi connectivity index (χ0v) is 15.6. The lowest BCUT2D eigenvalue weighted by Crippen LogP contribution is -2.39. The van der Waals surface area contributed by atoms with Gasteiger partial charge >= 0.3 is 0 Å². The van der Waals surface area contributed by atoms with Crippen molar-refractivity contribution in [3.8, 4) is 22.8 Å². The van der Waals surface area contributed by atoms with Crippen molar-refractivity contribution in [1.82, 2.24) is 10.3 Å². The second-order valence-corrected chi connectivity index (χ2v) is 6.92. The number of nitrogens with zero attached hydrogens (tertiary/aromatic N) is 1. The fourth-order valence-corrected chi connectivity index (χ4v) is 3.09. The summed E-state index contributed by atoms with van der Waals surface area (Å²) in [5.74, 6) is 0.460. The number of aromatic nitrogens is 1. The van der Waals surface area contributed by atoms with E-state index in [9.17, 15) is 9.59 Å². The second-order valence-electron chi connectivity index (χ2n) is 6.92. The molecule has 0 atom stereocenters. The molecule has 2 amide bonds. The number of benzene rings is 2. The third-order valence-electron chi connectivity index (χ3n) is 4.77. The highest BCUT2D eigenvalue weighted by Crippen LogP contribution is 2.31. The molecule has 1 fully saturated rings. The minimum absolute atomic E-state index is 0.139. The lowest BCUT2D eigenvalue weighted by molar-refractivity contribution is -0.114. The van der Waals surface area contributed by atoms with Crippen LogP contribution in [0.15, 0.2) is 59.0 Å². The van der Waals surface area contributed by atoms with E-state index >= 15 is 0 Å². The van der Waals surface area contributed by atoms with E-state index in [0.29, 0.717) is 17.3 Å². The maximum Gasteiger partial charge on any atom is 0.274 e. The Hall–Kier alpha value is -3.41. The molecular formula is C22H21N3O3. The Kier molecular flexibility index (Phi) is 4.93. The van der Waals surface area contributed by atoms with Crippen molar-refractivity contribution in [2.24, 2.45) is 0 Å². The summed E-state index contributed by atoms with van der Waals surface area (Å²) in [5.41, 5.74) is 2.49. The maximum atomic E-state index is 12.8. The first-order valence-electron chi connectivity index (χ1n) is 9.35. The normalized spacial score (nSPS) is 13.6. The fraction of sp³-hybridized carbons (Fsp3) is 0.227. The van der Waals surface area contributed by atoms with Gasteiger partial charge in [0.25, 0.3) is 5.91 Å². The van der Waals surface area contributed by atoms with Crippen LogP contribution in [0.3, 0.4) is 0 Å². The summed E-state index contributed by atoms with van der Waals surface area (Å²) >= 11 is 0. The monoisotopic (exact) mass is 375 g/mol. The molecule has 142 valence electrons. The van der Waals surface area contributed by atoms with Crippen LogP contribution in [0.2, 0.25) is 0 Å². The summed E-state index contributed by atoms with van der Waals surface area (Å²) in [4.78, 5) is 28.5. The molecule has 1 aliphatic rings. The van der Waals surface area contributed by atoms with E-state index in [1.54, 1.807) is 24.3 Å². The Balaban J connectivity index is 1.70. The first-order chi connectivity index (χ1) is 13.6. The first kappa shape index (κ1) is 18.0. The van der Waals surface area contributed by atoms with Crippen LogP contribution in [0, 0.1) is 0 Å². The minimum atomic E-state index is -0.225. The molecule has 2 N–H and O–H groups in total. The molecule has 3 aromatic rings. The molecule has 0 aliphatic heterocycles. The van der Waals surface area contributed by atoms with Crippen molar-refractivity contribution in [3.05, 3.63) is 60.3 Å². The molecular weight excluding hydrogens is 354 g/mol. The average molecular weight is 375 g/mol. The Morgan fingerprint density at radius 3 is 2.32 bits per heavy atom. The molecule has 1 aromatic heterocycles. The van der Waals surface area contributed by atoms with Gasteiger partial charge in [0.1, 0.15) is 0 Å². The third-order valence-corrected chi connectivity index (χ3v) is 4.77. The Labute approximate surface area is 163 Å². The number of hydrogen-bond donors (Lipinski definition) is 2. The summed E-state index contributed by atoms with van der Waals surface area (Å²) in [7, 11) is 0. The van der Waals surface area contributed by atoms with Crippen LogP contribution >= 0.6 is 0 Å². The number of carbonyl (C=O) groups excluding carboxylic acids is 2. The van der Waals surface area contributed by atoms with Gasteiger partial charge in [-0.05, 0) is 55.7 Å². The average Bonchev–Trinajstić information content (AvgIpc) is 3.11. The number of nitrogens with one attached hydrogen (secondary N) is 2. The number of amides is 2. The van der Waals surface area contributed by atoms with Crippen LogP contribution in [0.4, 0.5) is 5.69 Å². The standard InChI is InChI=1S/C22H21N3O3/c1-14(26)23-18-12-10-15(11-13-18)20-19(21(27)24-17-8-5-9-17)25-22(28-20)16-6-3-2-4-7-16/h2-4,6-7,10-13,17H,5,8-9H2,1H3,(H,23,26)(H,24,27). The van der Waals surface area contributed by atoms with E-state index in [-0.39, 0.29) is 23.6 Å². The van der Waals surface area contributed by atoms with Crippen LogP contribution in [0.1, 0.15) is 36.7 Å². The Morgan fingerprint density at radius 2 is 1.71 bits per heavy atom. The number of carbonyl (C=O) groups is 2. The van der Waals surface area contributed by atoms with Crippen LogP contribution in [-0.2, 0) is 4.79 Å². The number of rotatable bonds is 5. The second kappa shape index (κ2) is 7.68. The highest BCUT2D eigenvalue weighted by atomic mass is 16.4. The third kappa shape index (κ3) is 3.81. The smallest absolute Gasteiger partial charge is 0.274 e. The zero-order valence-electron chi connectivity index (χ0n) is 15.6. The highest BCUT2D eigenvalue weighted by molar-refractivity contribution is 5.98. The molecule has 6 heteroatoms. The number of oxazole rings is 1. The molecule has 0 bridgehead atoms. The van der Waals surface area contributed by atoms with Gasteiger partial charge in [-0.2, -0.15) is 0 Å². The predicted octanol–water partition coefficient (Wildman–Crippen LogP) is 4.25. The highest BCUT2D eigenvalue weighted by Gasteiger charge is 2.26. The maximum absolute atomic E-state index is 12.8. The van der Waals surface area contributed by atoms with Gasteiger partial charge in [0.2, 0.25) is 11.8 Å². The van der Waals surface area contributed by atoms with Crippen molar-refractivity contribution >= 4 is 17.5 Å². The van der Waals surface area contributed by atoms with Gasteiger partial charge in [-0.25, -0.2) is 4.98 Å². The van der Waals surface area contributed by atoms with Crippen molar-refractivity contribution in [2.75, 3.05) is 5.32 Å². The molecule has 1 saturated carbocycles. The van der Waals surface area contributed by atoms with E-state index in [1.807, 2.05) is 30.3 Å². The zero-order chi connectivity index (χ0) is 19.5.